The summed E-state index contributed by atoms with van der Waals surface area (Å²) in [6.45, 7) is 6.64. The SMILES string of the molecule is CCCCCCC/C=C\C/C=C\CCCCCCCCCCCCCCCCCC(=O)OCC(COC(=O)CCCCCCCCC)OC(=O)CCCCCCCCCCCCC/C=C\CCCCCCCCCC. The Morgan fingerprint density at radius 3 is 0.747 bits per heavy atom. The van der Waals surface area contributed by atoms with Crippen LogP contribution in [0.5, 0.6) is 0 Å². The second kappa shape index (κ2) is 64.2. The smallest absolute Gasteiger partial charge is 0.306 e. The molecular formula is C69H128O6. The zero-order valence-electron chi connectivity index (χ0n) is 50.6. The molecule has 0 bridgehead atoms. The van der Waals surface area contributed by atoms with Crippen LogP contribution >= 0.6 is 0 Å². The van der Waals surface area contributed by atoms with Crippen molar-refractivity contribution in [1.29, 1.82) is 0 Å². The van der Waals surface area contributed by atoms with Gasteiger partial charge in [-0.15, -0.1) is 0 Å². The molecule has 0 radical (unpaired) electrons. The van der Waals surface area contributed by atoms with Gasteiger partial charge < -0.3 is 14.2 Å². The molecule has 6 nitrogen and oxygen atoms in total. The minimum atomic E-state index is -0.768. The predicted octanol–water partition coefficient (Wildman–Crippen LogP) is 22.8. The van der Waals surface area contributed by atoms with Gasteiger partial charge in [0.1, 0.15) is 13.2 Å². The maximum atomic E-state index is 12.9. The van der Waals surface area contributed by atoms with E-state index in [4.69, 9.17) is 14.2 Å². The van der Waals surface area contributed by atoms with Gasteiger partial charge in [-0.3, -0.25) is 14.4 Å². The fourth-order valence-electron chi connectivity index (χ4n) is 10.1. The third-order valence-electron chi connectivity index (χ3n) is 15.1. The Bertz CT molecular complexity index is 1250. The molecule has 0 aromatic carbocycles. The lowest BCUT2D eigenvalue weighted by atomic mass is 10.0. The zero-order chi connectivity index (χ0) is 54.3. The van der Waals surface area contributed by atoms with Crippen LogP contribution in [0.25, 0.3) is 0 Å². The lowest BCUT2D eigenvalue weighted by Crippen LogP contribution is -2.30. The van der Waals surface area contributed by atoms with Gasteiger partial charge in [0, 0.05) is 19.3 Å². The minimum Gasteiger partial charge on any atom is -0.462 e. The third-order valence-corrected chi connectivity index (χ3v) is 15.1. The summed E-state index contributed by atoms with van der Waals surface area (Å²) >= 11 is 0. The highest BCUT2D eigenvalue weighted by molar-refractivity contribution is 5.71. The molecule has 75 heavy (non-hydrogen) atoms. The van der Waals surface area contributed by atoms with Crippen molar-refractivity contribution < 1.29 is 28.6 Å². The van der Waals surface area contributed by atoms with Gasteiger partial charge in [0.2, 0.25) is 0 Å². The van der Waals surface area contributed by atoms with Crippen LogP contribution in [0.4, 0.5) is 0 Å². The van der Waals surface area contributed by atoms with Gasteiger partial charge in [-0.25, -0.2) is 0 Å². The molecule has 0 heterocycles. The number of hydrogen-bond acceptors (Lipinski definition) is 6. The fraction of sp³-hybridized carbons (Fsp3) is 0.870. The monoisotopic (exact) mass is 1050 g/mol. The normalized spacial score (nSPS) is 12.2. The molecular weight excluding hydrogens is 925 g/mol. The summed E-state index contributed by atoms with van der Waals surface area (Å²) in [6, 6.07) is 0. The minimum absolute atomic E-state index is 0.0681. The van der Waals surface area contributed by atoms with Crippen LogP contribution < -0.4 is 0 Å². The summed E-state index contributed by atoms with van der Waals surface area (Å²) < 4.78 is 16.9. The van der Waals surface area contributed by atoms with E-state index < -0.39 is 6.10 Å². The van der Waals surface area contributed by atoms with Gasteiger partial charge in [-0.1, -0.05) is 308 Å². The zero-order valence-corrected chi connectivity index (χ0v) is 50.6. The number of allylic oxidation sites excluding steroid dienone is 6. The Morgan fingerprint density at radius 1 is 0.267 bits per heavy atom. The van der Waals surface area contributed by atoms with Crippen LogP contribution in [0.1, 0.15) is 367 Å². The molecule has 0 aromatic rings. The highest BCUT2D eigenvalue weighted by Gasteiger charge is 2.19. The lowest BCUT2D eigenvalue weighted by Gasteiger charge is -2.18. The van der Waals surface area contributed by atoms with Gasteiger partial charge >= 0.3 is 17.9 Å². The summed E-state index contributed by atoms with van der Waals surface area (Å²) in [6.07, 6.45) is 79.1. The number of ether oxygens (including phenoxy) is 3. The average Bonchev–Trinajstić information content (AvgIpc) is 3.41. The van der Waals surface area contributed by atoms with Crippen LogP contribution in [0.15, 0.2) is 36.5 Å². The van der Waals surface area contributed by atoms with Gasteiger partial charge in [-0.2, -0.15) is 0 Å². The van der Waals surface area contributed by atoms with Crippen molar-refractivity contribution in [3.63, 3.8) is 0 Å². The number of carbonyl (C=O) groups excluding carboxylic acids is 3. The second-order valence-electron chi connectivity index (χ2n) is 22.7. The van der Waals surface area contributed by atoms with Crippen molar-refractivity contribution in [2.45, 2.75) is 374 Å². The molecule has 0 aliphatic heterocycles. The summed E-state index contributed by atoms with van der Waals surface area (Å²) in [5, 5.41) is 0. The van der Waals surface area contributed by atoms with E-state index in [9.17, 15) is 14.4 Å². The lowest BCUT2D eigenvalue weighted by molar-refractivity contribution is -0.167. The molecule has 1 unspecified atom stereocenters. The first-order valence-corrected chi connectivity index (χ1v) is 33.5. The first-order valence-electron chi connectivity index (χ1n) is 33.5. The Kier molecular flexibility index (Phi) is 62.1. The first kappa shape index (κ1) is 72.6. The van der Waals surface area contributed by atoms with Crippen molar-refractivity contribution in [1.82, 2.24) is 0 Å². The van der Waals surface area contributed by atoms with E-state index in [1.807, 2.05) is 0 Å². The average molecular weight is 1050 g/mol. The van der Waals surface area contributed by atoms with E-state index in [1.165, 1.54) is 263 Å². The summed E-state index contributed by atoms with van der Waals surface area (Å²) in [7, 11) is 0. The summed E-state index contributed by atoms with van der Waals surface area (Å²) in [4.78, 5) is 38.1. The quantitative estimate of drug-likeness (QED) is 0.0261. The van der Waals surface area contributed by atoms with Crippen LogP contribution in [0, 0.1) is 0 Å². The van der Waals surface area contributed by atoms with Crippen LogP contribution in [-0.2, 0) is 28.6 Å². The van der Waals surface area contributed by atoms with Gasteiger partial charge in [-0.05, 0) is 77.0 Å². The number of hydrogen-bond donors (Lipinski definition) is 0. The third kappa shape index (κ3) is 62.4. The van der Waals surface area contributed by atoms with E-state index >= 15 is 0 Å². The molecule has 0 rings (SSSR count). The second-order valence-corrected chi connectivity index (χ2v) is 22.7. The molecule has 0 amide bonds. The summed E-state index contributed by atoms with van der Waals surface area (Å²) in [5.74, 6) is -0.853. The van der Waals surface area contributed by atoms with Crippen molar-refractivity contribution >= 4 is 17.9 Å². The Morgan fingerprint density at radius 2 is 0.480 bits per heavy atom. The molecule has 440 valence electrons. The van der Waals surface area contributed by atoms with Gasteiger partial charge in [0.05, 0.1) is 0 Å². The Hall–Kier alpha value is -2.37. The van der Waals surface area contributed by atoms with E-state index in [2.05, 4.69) is 57.2 Å². The molecule has 0 aliphatic rings. The van der Waals surface area contributed by atoms with E-state index in [0.717, 1.165) is 64.2 Å². The maximum Gasteiger partial charge on any atom is 0.306 e. The highest BCUT2D eigenvalue weighted by Crippen LogP contribution is 2.18. The predicted molar refractivity (Wildman–Crippen MR) is 326 cm³/mol. The van der Waals surface area contributed by atoms with Crippen LogP contribution in [0.2, 0.25) is 0 Å². The van der Waals surface area contributed by atoms with E-state index in [0.29, 0.717) is 19.3 Å². The molecule has 0 aromatic heterocycles. The standard InChI is InChI=1S/C69H128O6/c1-4-7-10-13-16-18-20-22-24-26-28-30-32-33-34-35-37-38-40-42-44-46-48-50-53-56-59-62-68(71)74-65-66(64-73-67(70)61-58-55-52-15-12-9-6-3)75-69(72)63-60-57-54-51-49-47-45-43-41-39-36-31-29-27-25-23-21-19-17-14-11-8-5-2/h20,22,26-29,66H,4-19,21,23-25,30-65H2,1-3H3/b22-20-,28-26-,29-27-. The highest BCUT2D eigenvalue weighted by atomic mass is 16.6. The summed E-state index contributed by atoms with van der Waals surface area (Å²) in [5.41, 5.74) is 0. The van der Waals surface area contributed by atoms with Gasteiger partial charge in [0.25, 0.3) is 0 Å². The number of rotatable bonds is 62. The van der Waals surface area contributed by atoms with Crippen molar-refractivity contribution in [3.8, 4) is 0 Å². The number of carbonyl (C=O) groups is 3. The molecule has 0 saturated heterocycles. The molecule has 0 spiro atoms. The first-order chi connectivity index (χ1) is 37.0. The largest absolute Gasteiger partial charge is 0.462 e. The molecule has 1 atom stereocenters. The number of esters is 3. The molecule has 0 aliphatic carbocycles. The molecule has 0 saturated carbocycles. The number of unbranched alkanes of at least 4 members (excludes halogenated alkanes) is 45. The fourth-order valence-corrected chi connectivity index (χ4v) is 10.1. The Balaban J connectivity index is 4.06. The van der Waals surface area contributed by atoms with E-state index in [-0.39, 0.29) is 31.1 Å². The van der Waals surface area contributed by atoms with E-state index in [1.54, 1.807) is 0 Å². The molecule has 0 fully saturated rings. The van der Waals surface area contributed by atoms with Crippen LogP contribution in [0.3, 0.4) is 0 Å². The topological polar surface area (TPSA) is 78.9 Å². The maximum absolute atomic E-state index is 12.9. The van der Waals surface area contributed by atoms with Gasteiger partial charge in [0.15, 0.2) is 6.10 Å². The Labute approximate surface area is 467 Å². The molecule has 0 N–H and O–H groups in total. The van der Waals surface area contributed by atoms with Crippen molar-refractivity contribution in [2.75, 3.05) is 13.2 Å². The van der Waals surface area contributed by atoms with Crippen molar-refractivity contribution in [3.05, 3.63) is 36.5 Å². The molecule has 6 heteroatoms. The van der Waals surface area contributed by atoms with Crippen molar-refractivity contribution in [2.24, 2.45) is 0 Å². The van der Waals surface area contributed by atoms with Crippen LogP contribution in [-0.4, -0.2) is 37.2 Å².